The van der Waals surface area contributed by atoms with Gasteiger partial charge in [0.05, 0.1) is 12.7 Å². The molecule has 1 aliphatic carbocycles. The molecule has 31 heavy (non-hydrogen) atoms. The number of guanidine groups is 1. The van der Waals surface area contributed by atoms with Crippen LogP contribution in [-0.2, 0) is 20.8 Å². The predicted molar refractivity (Wildman–Crippen MR) is 122 cm³/mol. The van der Waals surface area contributed by atoms with Crippen LogP contribution in [0, 0.1) is 5.92 Å². The quantitative estimate of drug-likeness (QED) is 0.557. The van der Waals surface area contributed by atoms with Gasteiger partial charge in [-0.05, 0) is 43.4 Å². The average Bonchev–Trinajstić information content (AvgIpc) is 3.36. The van der Waals surface area contributed by atoms with Gasteiger partial charge in [-0.15, -0.1) is 0 Å². The Labute approximate surface area is 185 Å². The molecular weight excluding hydrogens is 392 g/mol. The maximum atomic E-state index is 12.6. The second kappa shape index (κ2) is 11.0. The van der Waals surface area contributed by atoms with E-state index < -0.39 is 0 Å². The molecule has 1 aromatic rings. The molecular formula is C24H36N4O3. The highest BCUT2D eigenvalue weighted by Gasteiger charge is 2.32. The largest absolute Gasteiger partial charge is 0.375 e. The minimum absolute atomic E-state index is 0.105. The Balaban J connectivity index is 1.30. The molecule has 1 amide bonds. The van der Waals surface area contributed by atoms with Crippen LogP contribution < -0.4 is 10.6 Å². The summed E-state index contributed by atoms with van der Waals surface area (Å²) in [6.07, 6.45) is 8.09. The van der Waals surface area contributed by atoms with Crippen LogP contribution >= 0.6 is 0 Å². The van der Waals surface area contributed by atoms with Crippen molar-refractivity contribution in [1.82, 2.24) is 10.2 Å². The lowest BCUT2D eigenvalue weighted by atomic mass is 9.88. The van der Waals surface area contributed by atoms with Gasteiger partial charge in [0.15, 0.2) is 5.96 Å². The number of amides is 1. The van der Waals surface area contributed by atoms with Gasteiger partial charge in [-0.2, -0.15) is 0 Å². The minimum Gasteiger partial charge on any atom is -0.375 e. The van der Waals surface area contributed by atoms with Crippen LogP contribution in [0.2, 0.25) is 0 Å². The molecule has 2 N–H and O–H groups in total. The van der Waals surface area contributed by atoms with E-state index in [-0.39, 0.29) is 24.0 Å². The Morgan fingerprint density at radius 3 is 2.71 bits per heavy atom. The van der Waals surface area contributed by atoms with Gasteiger partial charge >= 0.3 is 0 Å². The standard InChI is InChI=1S/C24H36N4O3/c1-25-24(28-12-14-31-22(17-28)21-11-6-13-30-21)26-16-18-7-5-10-20(15-18)27-23(29)19-8-3-2-4-9-19/h5,7,10,15,19,21-22H,2-4,6,8-9,11-14,16-17H2,1H3,(H,25,26)(H,27,29). The molecule has 7 heteroatoms. The van der Waals surface area contributed by atoms with Crippen LogP contribution in [0.5, 0.6) is 0 Å². The lowest BCUT2D eigenvalue weighted by molar-refractivity contribution is -0.120. The zero-order chi connectivity index (χ0) is 21.5. The van der Waals surface area contributed by atoms with E-state index in [2.05, 4.69) is 32.7 Å². The number of carbonyl (C=O) groups excluding carboxylic acids is 1. The molecule has 3 aliphatic rings. The molecule has 0 radical (unpaired) electrons. The Morgan fingerprint density at radius 2 is 1.94 bits per heavy atom. The van der Waals surface area contributed by atoms with E-state index in [1.54, 1.807) is 0 Å². The van der Waals surface area contributed by atoms with Gasteiger partial charge in [0.1, 0.15) is 6.10 Å². The molecule has 1 aromatic carbocycles. The molecule has 4 rings (SSSR count). The lowest BCUT2D eigenvalue weighted by Crippen LogP contribution is -2.53. The minimum atomic E-state index is 0.105. The molecule has 1 saturated carbocycles. The van der Waals surface area contributed by atoms with Crippen molar-refractivity contribution in [3.05, 3.63) is 29.8 Å². The molecule has 0 bridgehead atoms. The van der Waals surface area contributed by atoms with Gasteiger partial charge in [0.2, 0.25) is 5.91 Å². The summed E-state index contributed by atoms with van der Waals surface area (Å²) in [6, 6.07) is 8.09. The van der Waals surface area contributed by atoms with Gasteiger partial charge in [0, 0.05) is 44.9 Å². The molecule has 2 heterocycles. The smallest absolute Gasteiger partial charge is 0.227 e. The molecule has 3 fully saturated rings. The fraction of sp³-hybridized carbons (Fsp3) is 0.667. The van der Waals surface area contributed by atoms with Crippen LogP contribution in [0.4, 0.5) is 5.69 Å². The van der Waals surface area contributed by atoms with E-state index in [0.29, 0.717) is 13.2 Å². The average molecular weight is 429 g/mol. The van der Waals surface area contributed by atoms with E-state index in [1.165, 1.54) is 6.42 Å². The Bertz CT molecular complexity index is 757. The van der Waals surface area contributed by atoms with Gasteiger partial charge in [-0.25, -0.2) is 0 Å². The number of nitrogens with one attached hydrogen (secondary N) is 2. The molecule has 7 nitrogen and oxygen atoms in total. The van der Waals surface area contributed by atoms with E-state index in [1.807, 2.05) is 19.2 Å². The van der Waals surface area contributed by atoms with E-state index >= 15 is 0 Å². The van der Waals surface area contributed by atoms with Crippen LogP contribution in [0.1, 0.15) is 50.5 Å². The predicted octanol–water partition coefficient (Wildman–Crippen LogP) is 3.16. The molecule has 2 unspecified atom stereocenters. The fourth-order valence-corrected chi connectivity index (χ4v) is 4.87. The van der Waals surface area contributed by atoms with Crippen molar-refractivity contribution >= 4 is 17.6 Å². The summed E-state index contributed by atoms with van der Waals surface area (Å²) in [4.78, 5) is 19.3. The van der Waals surface area contributed by atoms with Crippen molar-refractivity contribution in [3.63, 3.8) is 0 Å². The van der Waals surface area contributed by atoms with E-state index in [4.69, 9.17) is 9.47 Å². The molecule has 2 saturated heterocycles. The summed E-state index contributed by atoms with van der Waals surface area (Å²) < 4.78 is 11.8. The second-order valence-corrected chi connectivity index (χ2v) is 8.83. The number of hydrogen-bond donors (Lipinski definition) is 2. The topological polar surface area (TPSA) is 75.2 Å². The van der Waals surface area contributed by atoms with Gasteiger partial charge < -0.3 is 25.0 Å². The maximum absolute atomic E-state index is 12.6. The van der Waals surface area contributed by atoms with E-state index in [0.717, 1.165) is 75.4 Å². The fourth-order valence-electron chi connectivity index (χ4n) is 4.87. The van der Waals surface area contributed by atoms with Crippen molar-refractivity contribution in [3.8, 4) is 0 Å². The number of anilines is 1. The Morgan fingerprint density at radius 1 is 1.10 bits per heavy atom. The maximum Gasteiger partial charge on any atom is 0.227 e. The highest BCUT2D eigenvalue weighted by Crippen LogP contribution is 2.25. The van der Waals surface area contributed by atoms with Crippen molar-refractivity contribution in [2.24, 2.45) is 10.9 Å². The van der Waals surface area contributed by atoms with Crippen molar-refractivity contribution in [2.45, 2.75) is 63.7 Å². The van der Waals surface area contributed by atoms with E-state index in [9.17, 15) is 4.79 Å². The monoisotopic (exact) mass is 428 g/mol. The highest BCUT2D eigenvalue weighted by molar-refractivity contribution is 5.92. The summed E-state index contributed by atoms with van der Waals surface area (Å²) in [6.45, 7) is 3.79. The second-order valence-electron chi connectivity index (χ2n) is 8.83. The van der Waals surface area contributed by atoms with Crippen LogP contribution in [0.15, 0.2) is 29.3 Å². The van der Waals surface area contributed by atoms with Crippen LogP contribution in [0.3, 0.4) is 0 Å². The van der Waals surface area contributed by atoms with Gasteiger partial charge in [0.25, 0.3) is 0 Å². The van der Waals surface area contributed by atoms with Crippen molar-refractivity contribution in [2.75, 3.05) is 38.7 Å². The van der Waals surface area contributed by atoms with Crippen molar-refractivity contribution < 1.29 is 14.3 Å². The normalized spacial score (nSPS) is 25.5. The number of hydrogen-bond acceptors (Lipinski definition) is 4. The number of aliphatic imine (C=N–C) groups is 1. The zero-order valence-electron chi connectivity index (χ0n) is 18.6. The number of ether oxygens (including phenoxy) is 2. The van der Waals surface area contributed by atoms with Gasteiger partial charge in [-0.3, -0.25) is 9.79 Å². The highest BCUT2D eigenvalue weighted by atomic mass is 16.5. The summed E-state index contributed by atoms with van der Waals surface area (Å²) in [5.41, 5.74) is 1.99. The number of nitrogens with zero attached hydrogens (tertiary/aromatic N) is 2. The van der Waals surface area contributed by atoms with Crippen LogP contribution in [-0.4, -0.2) is 62.3 Å². The summed E-state index contributed by atoms with van der Waals surface area (Å²) >= 11 is 0. The first-order valence-corrected chi connectivity index (χ1v) is 11.8. The first-order chi connectivity index (χ1) is 15.2. The van der Waals surface area contributed by atoms with Crippen molar-refractivity contribution in [1.29, 1.82) is 0 Å². The molecule has 0 spiro atoms. The molecule has 170 valence electrons. The molecule has 2 aliphatic heterocycles. The third-order valence-corrected chi connectivity index (χ3v) is 6.61. The van der Waals surface area contributed by atoms with Crippen LogP contribution in [0.25, 0.3) is 0 Å². The number of benzene rings is 1. The summed E-state index contributed by atoms with van der Waals surface area (Å²) in [5, 5.41) is 6.59. The number of rotatable bonds is 5. The third kappa shape index (κ3) is 5.98. The Kier molecular flexibility index (Phi) is 7.81. The zero-order valence-corrected chi connectivity index (χ0v) is 18.6. The molecule has 2 atom stereocenters. The van der Waals surface area contributed by atoms with Gasteiger partial charge in [-0.1, -0.05) is 31.4 Å². The first-order valence-electron chi connectivity index (χ1n) is 11.8. The summed E-state index contributed by atoms with van der Waals surface area (Å²) in [7, 11) is 1.82. The molecule has 0 aromatic heterocycles. The summed E-state index contributed by atoms with van der Waals surface area (Å²) in [5.74, 6) is 1.20. The lowest BCUT2D eigenvalue weighted by Gasteiger charge is -2.37. The Hall–Kier alpha value is -2.12. The SMILES string of the molecule is CN=C(NCc1cccc(NC(=O)C2CCCCC2)c1)N1CCOC(C2CCCO2)C1. The first kappa shape index (κ1) is 22.1. The number of carbonyl (C=O) groups is 1. The third-order valence-electron chi connectivity index (χ3n) is 6.61. The number of morpholine rings is 1.